The number of carbonyl (C=O) groups excluding carboxylic acids is 1. The molecule has 7 heteroatoms. The topological polar surface area (TPSA) is 98.1 Å². The molecule has 2 saturated heterocycles. The van der Waals surface area contributed by atoms with Gasteiger partial charge in [-0.2, -0.15) is 0 Å². The SMILES string of the molecule is O=C(O)C(=O)O.O=C1CCCN1CN1CCCCC1. The van der Waals surface area contributed by atoms with Crippen LogP contribution in [0.5, 0.6) is 0 Å². The number of carboxylic acids is 2. The second-order valence-electron chi connectivity index (χ2n) is 4.69. The van der Waals surface area contributed by atoms with E-state index in [1.54, 1.807) is 0 Å². The van der Waals surface area contributed by atoms with E-state index in [1.807, 2.05) is 4.90 Å². The van der Waals surface area contributed by atoms with Gasteiger partial charge in [0, 0.05) is 13.0 Å². The first-order chi connectivity index (χ1) is 9.00. The van der Waals surface area contributed by atoms with Gasteiger partial charge in [-0.3, -0.25) is 9.69 Å². The van der Waals surface area contributed by atoms with E-state index in [1.165, 1.54) is 32.4 Å². The Morgan fingerprint density at radius 2 is 1.53 bits per heavy atom. The molecule has 7 nitrogen and oxygen atoms in total. The van der Waals surface area contributed by atoms with Crippen molar-refractivity contribution in [3.63, 3.8) is 0 Å². The number of carbonyl (C=O) groups is 3. The highest BCUT2D eigenvalue weighted by atomic mass is 16.4. The highest BCUT2D eigenvalue weighted by Gasteiger charge is 2.22. The monoisotopic (exact) mass is 272 g/mol. The second kappa shape index (κ2) is 7.73. The highest BCUT2D eigenvalue weighted by molar-refractivity contribution is 6.27. The summed E-state index contributed by atoms with van der Waals surface area (Å²) in [6.07, 6.45) is 5.81. The Hall–Kier alpha value is -1.63. The first kappa shape index (κ1) is 15.4. The molecular formula is C12H20N2O5. The van der Waals surface area contributed by atoms with Crippen LogP contribution in [0.4, 0.5) is 0 Å². The van der Waals surface area contributed by atoms with Gasteiger partial charge in [-0.1, -0.05) is 6.42 Å². The minimum atomic E-state index is -1.82. The van der Waals surface area contributed by atoms with Gasteiger partial charge in [0.1, 0.15) is 0 Å². The molecular weight excluding hydrogens is 252 g/mol. The van der Waals surface area contributed by atoms with Crippen LogP contribution in [0.1, 0.15) is 32.1 Å². The lowest BCUT2D eigenvalue weighted by Gasteiger charge is -2.30. The summed E-state index contributed by atoms with van der Waals surface area (Å²) in [4.78, 5) is 34.0. The average Bonchev–Trinajstić information content (AvgIpc) is 2.77. The molecule has 0 aromatic carbocycles. The molecule has 0 atom stereocenters. The molecule has 0 radical (unpaired) electrons. The summed E-state index contributed by atoms with van der Waals surface area (Å²) in [6.45, 7) is 4.24. The van der Waals surface area contributed by atoms with E-state index in [-0.39, 0.29) is 0 Å². The van der Waals surface area contributed by atoms with E-state index in [9.17, 15) is 4.79 Å². The molecule has 2 fully saturated rings. The molecule has 2 aliphatic heterocycles. The number of amides is 1. The lowest BCUT2D eigenvalue weighted by Crippen LogP contribution is -2.41. The zero-order chi connectivity index (χ0) is 14.3. The van der Waals surface area contributed by atoms with Crippen LogP contribution in [-0.4, -0.2) is 64.2 Å². The maximum Gasteiger partial charge on any atom is 0.414 e. The van der Waals surface area contributed by atoms with Crippen molar-refractivity contribution >= 4 is 17.8 Å². The maximum atomic E-state index is 11.3. The number of hydrogen-bond acceptors (Lipinski definition) is 4. The Labute approximate surface area is 111 Å². The average molecular weight is 272 g/mol. The summed E-state index contributed by atoms with van der Waals surface area (Å²) in [5.41, 5.74) is 0. The van der Waals surface area contributed by atoms with Crippen molar-refractivity contribution in [1.82, 2.24) is 9.80 Å². The standard InChI is InChI=1S/C10H18N2O.C2H2O4/c13-10-5-4-8-12(10)9-11-6-2-1-3-7-11;3-1(4)2(5)6/h1-9H2;(H,3,4)(H,5,6). The van der Waals surface area contributed by atoms with Gasteiger partial charge in [0.05, 0.1) is 6.67 Å². The number of likely N-dealkylation sites (tertiary alicyclic amines) is 2. The summed E-state index contributed by atoms with van der Waals surface area (Å²) in [7, 11) is 0. The minimum Gasteiger partial charge on any atom is -0.473 e. The third kappa shape index (κ3) is 5.69. The fourth-order valence-electron chi connectivity index (χ4n) is 2.20. The van der Waals surface area contributed by atoms with Crippen molar-refractivity contribution in [2.45, 2.75) is 32.1 Å². The third-order valence-electron chi connectivity index (χ3n) is 3.17. The number of aliphatic carboxylic acids is 2. The summed E-state index contributed by atoms with van der Waals surface area (Å²) < 4.78 is 0. The second-order valence-corrected chi connectivity index (χ2v) is 4.69. The van der Waals surface area contributed by atoms with Crippen LogP contribution in [0.3, 0.4) is 0 Å². The summed E-state index contributed by atoms with van der Waals surface area (Å²) in [5, 5.41) is 14.8. The molecule has 2 aliphatic rings. The molecule has 2 heterocycles. The van der Waals surface area contributed by atoms with Crippen molar-refractivity contribution in [2.75, 3.05) is 26.3 Å². The Morgan fingerprint density at radius 1 is 0.947 bits per heavy atom. The third-order valence-corrected chi connectivity index (χ3v) is 3.17. The first-order valence-corrected chi connectivity index (χ1v) is 6.47. The van der Waals surface area contributed by atoms with Gasteiger partial charge < -0.3 is 15.1 Å². The normalized spacial score (nSPS) is 19.8. The minimum absolute atomic E-state index is 0.352. The van der Waals surface area contributed by atoms with Gasteiger partial charge >= 0.3 is 11.9 Å². The lowest BCUT2D eigenvalue weighted by atomic mass is 10.1. The van der Waals surface area contributed by atoms with Gasteiger partial charge in [-0.05, 0) is 32.4 Å². The predicted molar refractivity (Wildman–Crippen MR) is 66.5 cm³/mol. The zero-order valence-electron chi connectivity index (χ0n) is 10.9. The Kier molecular flexibility index (Phi) is 6.27. The molecule has 2 rings (SSSR count). The molecule has 0 aromatic rings. The van der Waals surface area contributed by atoms with E-state index in [2.05, 4.69) is 4.90 Å². The number of piperidine rings is 1. The van der Waals surface area contributed by atoms with Crippen molar-refractivity contribution in [3.8, 4) is 0 Å². The van der Waals surface area contributed by atoms with Crippen LogP contribution in [0.2, 0.25) is 0 Å². The van der Waals surface area contributed by atoms with E-state index in [0.717, 1.165) is 26.1 Å². The summed E-state index contributed by atoms with van der Waals surface area (Å²) >= 11 is 0. The van der Waals surface area contributed by atoms with Crippen LogP contribution in [0.15, 0.2) is 0 Å². The lowest BCUT2D eigenvalue weighted by molar-refractivity contribution is -0.159. The van der Waals surface area contributed by atoms with Crippen LogP contribution >= 0.6 is 0 Å². The van der Waals surface area contributed by atoms with Crippen molar-refractivity contribution in [1.29, 1.82) is 0 Å². The van der Waals surface area contributed by atoms with Crippen molar-refractivity contribution in [2.24, 2.45) is 0 Å². The van der Waals surface area contributed by atoms with Crippen molar-refractivity contribution in [3.05, 3.63) is 0 Å². The summed E-state index contributed by atoms with van der Waals surface area (Å²) in [5.74, 6) is -3.30. The molecule has 19 heavy (non-hydrogen) atoms. The Bertz CT molecular complexity index is 327. The molecule has 0 unspecified atom stereocenters. The van der Waals surface area contributed by atoms with E-state index in [0.29, 0.717) is 5.91 Å². The number of hydrogen-bond donors (Lipinski definition) is 2. The van der Waals surface area contributed by atoms with Crippen molar-refractivity contribution < 1.29 is 24.6 Å². The van der Waals surface area contributed by atoms with Crippen LogP contribution in [0, 0.1) is 0 Å². The quantitative estimate of drug-likeness (QED) is 0.697. The smallest absolute Gasteiger partial charge is 0.414 e. The molecule has 2 N–H and O–H groups in total. The fourth-order valence-corrected chi connectivity index (χ4v) is 2.20. The van der Waals surface area contributed by atoms with Gasteiger partial charge in [0.2, 0.25) is 5.91 Å². The summed E-state index contributed by atoms with van der Waals surface area (Å²) in [6, 6.07) is 0. The van der Waals surface area contributed by atoms with Gasteiger partial charge in [-0.15, -0.1) is 0 Å². The van der Waals surface area contributed by atoms with Gasteiger partial charge in [-0.25, -0.2) is 9.59 Å². The molecule has 1 amide bonds. The molecule has 0 bridgehead atoms. The Balaban J connectivity index is 0.000000258. The fraction of sp³-hybridized carbons (Fsp3) is 0.750. The zero-order valence-corrected chi connectivity index (χ0v) is 10.9. The molecule has 0 aromatic heterocycles. The largest absolute Gasteiger partial charge is 0.473 e. The van der Waals surface area contributed by atoms with Crippen LogP contribution in [-0.2, 0) is 14.4 Å². The molecule has 0 spiro atoms. The number of nitrogens with zero attached hydrogens (tertiary/aromatic N) is 2. The number of rotatable bonds is 2. The first-order valence-electron chi connectivity index (χ1n) is 6.47. The van der Waals surface area contributed by atoms with Gasteiger partial charge in [0.15, 0.2) is 0 Å². The predicted octanol–water partition coefficient (Wildman–Crippen LogP) is 0.208. The van der Waals surface area contributed by atoms with Gasteiger partial charge in [0.25, 0.3) is 0 Å². The molecule has 108 valence electrons. The highest BCUT2D eigenvalue weighted by Crippen LogP contribution is 2.13. The maximum absolute atomic E-state index is 11.3. The van der Waals surface area contributed by atoms with Crippen LogP contribution < -0.4 is 0 Å². The molecule has 0 saturated carbocycles. The van der Waals surface area contributed by atoms with E-state index < -0.39 is 11.9 Å². The Morgan fingerprint density at radius 3 is 1.95 bits per heavy atom. The number of carboxylic acid groups (broad SMARTS) is 2. The van der Waals surface area contributed by atoms with E-state index in [4.69, 9.17) is 19.8 Å². The molecule has 0 aliphatic carbocycles. The van der Waals surface area contributed by atoms with E-state index >= 15 is 0 Å². The van der Waals surface area contributed by atoms with Crippen LogP contribution in [0.25, 0.3) is 0 Å².